The predicted molar refractivity (Wildman–Crippen MR) is 73.2 cm³/mol. The lowest BCUT2D eigenvalue weighted by Gasteiger charge is -2.14. The molecule has 0 aromatic heterocycles. The van der Waals surface area contributed by atoms with E-state index in [0.717, 1.165) is 0 Å². The van der Waals surface area contributed by atoms with Crippen LogP contribution in [0.2, 0.25) is 0 Å². The first-order valence-electron chi connectivity index (χ1n) is 6.22. The van der Waals surface area contributed by atoms with Crippen LogP contribution in [0.25, 0.3) is 0 Å². The predicted octanol–water partition coefficient (Wildman–Crippen LogP) is 1.13. The summed E-state index contributed by atoms with van der Waals surface area (Å²) in [6, 6.07) is 3.03. The van der Waals surface area contributed by atoms with Crippen LogP contribution < -0.4 is 10.1 Å². The number of nitro benzene ring substituents is 1. The van der Waals surface area contributed by atoms with E-state index < -0.39 is 22.8 Å². The summed E-state index contributed by atoms with van der Waals surface area (Å²) < 4.78 is 4.87. The Morgan fingerprint density at radius 2 is 2.14 bits per heavy atom. The molecule has 2 N–H and O–H groups in total. The smallest absolute Gasteiger partial charge is 0.326 e. The lowest BCUT2D eigenvalue weighted by Crippen LogP contribution is -2.42. The molecular weight excluding hydrogens is 280 g/mol. The first kappa shape index (κ1) is 16.4. The summed E-state index contributed by atoms with van der Waals surface area (Å²) >= 11 is 0. The number of hydrogen-bond acceptors (Lipinski definition) is 5. The molecular formula is C13H16N2O6. The van der Waals surface area contributed by atoms with Gasteiger partial charge in [0.2, 0.25) is 5.91 Å². The van der Waals surface area contributed by atoms with Gasteiger partial charge >= 0.3 is 11.7 Å². The summed E-state index contributed by atoms with van der Waals surface area (Å²) in [5.41, 5.74) is 0.173. The lowest BCUT2D eigenvalue weighted by molar-refractivity contribution is -0.385. The Labute approximate surface area is 120 Å². The number of aliphatic carboxylic acids is 1. The average molecular weight is 296 g/mol. The van der Waals surface area contributed by atoms with E-state index in [-0.39, 0.29) is 24.3 Å². The maximum Gasteiger partial charge on any atom is 0.326 e. The summed E-state index contributed by atoms with van der Waals surface area (Å²) in [6.45, 7) is 1.60. The van der Waals surface area contributed by atoms with E-state index in [9.17, 15) is 19.7 Å². The number of carboxylic acids is 1. The minimum absolute atomic E-state index is 0.0497. The molecule has 1 rings (SSSR count). The average Bonchev–Trinajstić information content (AvgIpc) is 2.45. The van der Waals surface area contributed by atoms with Crippen LogP contribution in [0, 0.1) is 10.1 Å². The number of nitro groups is 1. The summed E-state index contributed by atoms with van der Waals surface area (Å²) in [5, 5.41) is 22.4. The van der Waals surface area contributed by atoms with Crippen molar-refractivity contribution in [2.45, 2.75) is 25.8 Å². The number of carboxylic acid groups (broad SMARTS) is 1. The molecule has 114 valence electrons. The molecule has 1 amide bonds. The van der Waals surface area contributed by atoms with E-state index in [2.05, 4.69) is 5.32 Å². The van der Waals surface area contributed by atoms with Crippen LogP contribution >= 0.6 is 0 Å². The third-order valence-electron chi connectivity index (χ3n) is 2.83. The Morgan fingerprint density at radius 1 is 1.48 bits per heavy atom. The lowest BCUT2D eigenvalue weighted by atomic mass is 10.0. The molecule has 21 heavy (non-hydrogen) atoms. The second kappa shape index (κ2) is 7.22. The van der Waals surface area contributed by atoms with Gasteiger partial charge in [-0.3, -0.25) is 14.9 Å². The monoisotopic (exact) mass is 296 g/mol. The van der Waals surface area contributed by atoms with E-state index in [1.165, 1.54) is 25.3 Å². The maximum atomic E-state index is 11.3. The molecule has 0 heterocycles. The van der Waals surface area contributed by atoms with E-state index in [1.807, 2.05) is 0 Å². The van der Waals surface area contributed by atoms with Crippen LogP contribution in [0.15, 0.2) is 18.2 Å². The second-order valence-corrected chi connectivity index (χ2v) is 4.28. The molecule has 0 aliphatic heterocycles. The first-order valence-corrected chi connectivity index (χ1v) is 6.22. The van der Waals surface area contributed by atoms with Crippen LogP contribution in [-0.2, 0) is 16.0 Å². The van der Waals surface area contributed by atoms with Crippen molar-refractivity contribution in [1.29, 1.82) is 0 Å². The highest BCUT2D eigenvalue weighted by molar-refractivity contribution is 5.83. The van der Waals surface area contributed by atoms with Crippen molar-refractivity contribution >= 4 is 17.6 Å². The Hall–Kier alpha value is -2.64. The largest absolute Gasteiger partial charge is 0.490 e. The van der Waals surface area contributed by atoms with Gasteiger partial charge in [-0.15, -0.1) is 0 Å². The van der Waals surface area contributed by atoms with Crippen molar-refractivity contribution in [3.63, 3.8) is 0 Å². The molecule has 0 saturated heterocycles. The zero-order chi connectivity index (χ0) is 16.0. The van der Waals surface area contributed by atoms with Crippen molar-refractivity contribution < 1.29 is 24.4 Å². The van der Waals surface area contributed by atoms with Gasteiger partial charge in [0, 0.05) is 18.9 Å². The minimum Gasteiger partial charge on any atom is -0.490 e. The molecule has 0 saturated carbocycles. The van der Waals surface area contributed by atoms with Crippen LogP contribution in [0.1, 0.15) is 18.9 Å². The zero-order valence-electron chi connectivity index (χ0n) is 11.7. The molecule has 0 spiro atoms. The standard InChI is InChI=1S/C13H16N2O6/c1-3-12(16)14-9(13(17)18)6-8-4-5-11(21-2)10(7-8)15(19)20/h4-5,7,9H,3,6H2,1-2H3,(H,14,16)(H,17,18)/t9-/m1/s1. The fourth-order valence-electron chi connectivity index (χ4n) is 1.74. The molecule has 8 nitrogen and oxygen atoms in total. The van der Waals surface area contributed by atoms with Gasteiger partial charge in [-0.1, -0.05) is 13.0 Å². The van der Waals surface area contributed by atoms with E-state index >= 15 is 0 Å². The highest BCUT2D eigenvalue weighted by atomic mass is 16.6. The highest BCUT2D eigenvalue weighted by Crippen LogP contribution is 2.27. The fourth-order valence-corrected chi connectivity index (χ4v) is 1.74. The van der Waals surface area contributed by atoms with Gasteiger partial charge in [-0.2, -0.15) is 0 Å². The third-order valence-corrected chi connectivity index (χ3v) is 2.83. The molecule has 0 aliphatic rings. The van der Waals surface area contributed by atoms with Gasteiger partial charge in [0.15, 0.2) is 5.75 Å². The SMILES string of the molecule is CCC(=O)N[C@H](Cc1ccc(OC)c([N+](=O)[O-])c1)C(=O)O. The summed E-state index contributed by atoms with van der Waals surface area (Å²) in [7, 11) is 1.31. The molecule has 8 heteroatoms. The van der Waals surface area contributed by atoms with E-state index in [1.54, 1.807) is 6.92 Å². The van der Waals surface area contributed by atoms with Gasteiger partial charge in [-0.25, -0.2) is 4.79 Å². The van der Waals surface area contributed by atoms with Crippen LogP contribution in [-0.4, -0.2) is 35.1 Å². The van der Waals surface area contributed by atoms with Crippen molar-refractivity contribution in [3.05, 3.63) is 33.9 Å². The van der Waals surface area contributed by atoms with Gasteiger partial charge in [-0.05, 0) is 11.6 Å². The van der Waals surface area contributed by atoms with Gasteiger partial charge in [0.25, 0.3) is 0 Å². The summed E-state index contributed by atoms with van der Waals surface area (Å²) in [4.78, 5) is 32.7. The molecule has 1 aromatic rings. The molecule has 1 atom stereocenters. The highest BCUT2D eigenvalue weighted by Gasteiger charge is 2.22. The van der Waals surface area contributed by atoms with Gasteiger partial charge in [0.1, 0.15) is 6.04 Å². The van der Waals surface area contributed by atoms with E-state index in [4.69, 9.17) is 9.84 Å². The number of amides is 1. The molecule has 0 aliphatic carbocycles. The van der Waals surface area contributed by atoms with Gasteiger partial charge in [0.05, 0.1) is 12.0 Å². The van der Waals surface area contributed by atoms with Crippen LogP contribution in [0.4, 0.5) is 5.69 Å². The van der Waals surface area contributed by atoms with Crippen molar-refractivity contribution in [1.82, 2.24) is 5.32 Å². The number of carbonyl (C=O) groups excluding carboxylic acids is 1. The van der Waals surface area contributed by atoms with Crippen LogP contribution in [0.3, 0.4) is 0 Å². The number of ether oxygens (including phenoxy) is 1. The first-order chi connectivity index (χ1) is 9.88. The molecule has 1 aromatic carbocycles. The number of benzene rings is 1. The Morgan fingerprint density at radius 3 is 2.62 bits per heavy atom. The minimum atomic E-state index is -1.20. The molecule has 0 bridgehead atoms. The quantitative estimate of drug-likeness (QED) is 0.575. The molecule has 0 unspecified atom stereocenters. The van der Waals surface area contributed by atoms with Crippen molar-refractivity contribution in [3.8, 4) is 5.75 Å². The molecule has 0 radical (unpaired) electrons. The zero-order valence-corrected chi connectivity index (χ0v) is 11.7. The third kappa shape index (κ3) is 4.44. The normalized spacial score (nSPS) is 11.5. The fraction of sp³-hybridized carbons (Fsp3) is 0.385. The van der Waals surface area contributed by atoms with Crippen molar-refractivity contribution in [2.75, 3.05) is 7.11 Å². The topological polar surface area (TPSA) is 119 Å². The summed E-state index contributed by atoms with van der Waals surface area (Å²) in [5.74, 6) is -1.51. The van der Waals surface area contributed by atoms with Gasteiger partial charge < -0.3 is 15.2 Å². The Kier molecular flexibility index (Phi) is 5.65. The number of methoxy groups -OCH3 is 1. The Balaban J connectivity index is 2.99. The second-order valence-electron chi connectivity index (χ2n) is 4.28. The number of rotatable bonds is 7. The number of nitrogens with one attached hydrogen (secondary N) is 1. The van der Waals surface area contributed by atoms with E-state index in [0.29, 0.717) is 5.56 Å². The summed E-state index contributed by atoms with van der Waals surface area (Å²) in [6.07, 6.45) is 0.110. The van der Waals surface area contributed by atoms with Crippen molar-refractivity contribution in [2.24, 2.45) is 0 Å². The van der Waals surface area contributed by atoms with Crippen LogP contribution in [0.5, 0.6) is 5.75 Å². The molecule has 0 fully saturated rings. The Bertz CT molecular complexity index is 558. The number of nitrogens with zero attached hydrogens (tertiary/aromatic N) is 1. The number of carbonyl (C=O) groups is 2. The maximum absolute atomic E-state index is 11.3. The number of hydrogen-bond donors (Lipinski definition) is 2.